The van der Waals surface area contributed by atoms with Gasteiger partial charge in [-0.2, -0.15) is 4.31 Å². The van der Waals surface area contributed by atoms with Crippen LogP contribution >= 0.6 is 0 Å². The van der Waals surface area contributed by atoms with E-state index >= 15 is 0 Å². The molecule has 8 nitrogen and oxygen atoms in total. The fraction of sp³-hybridized carbons (Fsp3) is 0.400. The van der Waals surface area contributed by atoms with Crippen LogP contribution in [0.1, 0.15) is 40.6 Å². The highest BCUT2D eigenvalue weighted by atomic mass is 32.2. The second-order valence-corrected chi connectivity index (χ2v) is 7.81. The highest BCUT2D eigenvalue weighted by Gasteiger charge is 2.38. The molecule has 128 valence electrons. The van der Waals surface area contributed by atoms with Crippen molar-refractivity contribution in [1.29, 1.82) is 0 Å². The number of hydrogen-bond donors (Lipinski definition) is 1. The summed E-state index contributed by atoms with van der Waals surface area (Å²) in [4.78, 5) is 11.6. The molecule has 3 rings (SSSR count). The lowest BCUT2D eigenvalue weighted by Crippen LogP contribution is -2.32. The molecule has 1 aliphatic heterocycles. The molecule has 2 N–H and O–H groups in total. The van der Waals surface area contributed by atoms with Gasteiger partial charge >= 0.3 is 0 Å². The Balaban J connectivity index is 2.03. The highest BCUT2D eigenvalue weighted by Crippen LogP contribution is 2.35. The van der Waals surface area contributed by atoms with E-state index in [0.717, 1.165) is 6.42 Å². The molecule has 2 aromatic rings. The summed E-state index contributed by atoms with van der Waals surface area (Å²) in [6.45, 7) is 2.12. The van der Waals surface area contributed by atoms with E-state index in [-0.39, 0.29) is 16.5 Å². The summed E-state index contributed by atoms with van der Waals surface area (Å²) in [7, 11) is -1.97. The van der Waals surface area contributed by atoms with Crippen molar-refractivity contribution in [3.63, 3.8) is 0 Å². The van der Waals surface area contributed by atoms with Crippen molar-refractivity contribution in [2.75, 3.05) is 6.54 Å². The Kier molecular flexibility index (Phi) is 4.14. The maximum atomic E-state index is 13.1. The van der Waals surface area contributed by atoms with Crippen LogP contribution in [0.25, 0.3) is 0 Å². The van der Waals surface area contributed by atoms with Crippen LogP contribution in [0.2, 0.25) is 0 Å². The van der Waals surface area contributed by atoms with Gasteiger partial charge in [-0.05, 0) is 37.5 Å². The van der Waals surface area contributed by atoms with Crippen LogP contribution in [-0.4, -0.2) is 39.9 Å². The number of rotatable bonds is 4. The lowest BCUT2D eigenvalue weighted by atomic mass is 10.1. The largest absolute Gasteiger partial charge is 0.366 e. The number of carbonyl (C=O) groups is 1. The first-order valence-corrected chi connectivity index (χ1v) is 9.02. The number of amides is 1. The van der Waals surface area contributed by atoms with E-state index in [1.807, 2.05) is 0 Å². The first kappa shape index (κ1) is 16.6. The van der Waals surface area contributed by atoms with Gasteiger partial charge in [-0.1, -0.05) is 6.07 Å². The minimum atomic E-state index is -3.76. The van der Waals surface area contributed by atoms with Crippen molar-refractivity contribution in [3.05, 3.63) is 41.5 Å². The topological polar surface area (TPSA) is 111 Å². The van der Waals surface area contributed by atoms with Gasteiger partial charge in [0.15, 0.2) is 5.82 Å². The molecule has 1 fully saturated rings. The number of sulfonamides is 1. The molecule has 0 radical (unpaired) electrons. The monoisotopic (exact) mass is 349 g/mol. The predicted octanol–water partition coefficient (Wildman–Crippen LogP) is 0.748. The summed E-state index contributed by atoms with van der Waals surface area (Å²) in [6.07, 6.45) is 2.97. The Morgan fingerprint density at radius 2 is 2.12 bits per heavy atom. The van der Waals surface area contributed by atoms with Gasteiger partial charge in [-0.15, -0.1) is 10.2 Å². The van der Waals surface area contributed by atoms with Crippen LogP contribution in [0.3, 0.4) is 0 Å². The third-order valence-electron chi connectivity index (χ3n) is 4.33. The number of aromatic nitrogens is 3. The highest BCUT2D eigenvalue weighted by molar-refractivity contribution is 7.89. The van der Waals surface area contributed by atoms with Crippen molar-refractivity contribution in [2.24, 2.45) is 12.8 Å². The number of aryl methyl sites for hydroxylation is 2. The molecule has 1 amide bonds. The molecule has 2 heterocycles. The van der Waals surface area contributed by atoms with Crippen LogP contribution in [0.4, 0.5) is 0 Å². The number of nitrogens with two attached hydrogens (primary N) is 1. The van der Waals surface area contributed by atoms with Crippen molar-refractivity contribution in [2.45, 2.75) is 30.7 Å². The van der Waals surface area contributed by atoms with Gasteiger partial charge in [0, 0.05) is 19.2 Å². The Bertz CT molecular complexity index is 890. The van der Waals surface area contributed by atoms with Gasteiger partial charge in [0.1, 0.15) is 6.33 Å². The van der Waals surface area contributed by atoms with E-state index < -0.39 is 15.9 Å². The third kappa shape index (κ3) is 2.69. The molecule has 0 spiro atoms. The minimum absolute atomic E-state index is 0.0657. The van der Waals surface area contributed by atoms with Crippen molar-refractivity contribution in [1.82, 2.24) is 19.1 Å². The van der Waals surface area contributed by atoms with E-state index in [2.05, 4.69) is 10.2 Å². The summed E-state index contributed by atoms with van der Waals surface area (Å²) in [5, 5.41) is 7.88. The zero-order chi connectivity index (χ0) is 17.5. The maximum Gasteiger partial charge on any atom is 0.249 e. The van der Waals surface area contributed by atoms with Crippen LogP contribution in [0.15, 0.2) is 29.4 Å². The Hall–Kier alpha value is -2.26. The summed E-state index contributed by atoms with van der Waals surface area (Å²) in [5.41, 5.74) is 6.20. The molecule has 24 heavy (non-hydrogen) atoms. The molecule has 9 heteroatoms. The van der Waals surface area contributed by atoms with Gasteiger partial charge in [-0.25, -0.2) is 8.42 Å². The minimum Gasteiger partial charge on any atom is -0.366 e. The van der Waals surface area contributed by atoms with Gasteiger partial charge in [0.25, 0.3) is 0 Å². The van der Waals surface area contributed by atoms with Crippen molar-refractivity contribution < 1.29 is 13.2 Å². The average Bonchev–Trinajstić information content (AvgIpc) is 3.15. The summed E-state index contributed by atoms with van der Waals surface area (Å²) < 4.78 is 29.3. The van der Waals surface area contributed by atoms with Crippen molar-refractivity contribution >= 4 is 15.9 Å². The second-order valence-electron chi connectivity index (χ2n) is 5.91. The molecule has 1 aromatic carbocycles. The summed E-state index contributed by atoms with van der Waals surface area (Å²) in [6, 6.07) is 4.09. The van der Waals surface area contributed by atoms with Crippen LogP contribution in [0.5, 0.6) is 0 Å². The molecular weight excluding hydrogens is 330 g/mol. The average molecular weight is 349 g/mol. The predicted molar refractivity (Wildman–Crippen MR) is 86.6 cm³/mol. The number of nitrogens with zero attached hydrogens (tertiary/aromatic N) is 4. The molecule has 1 aliphatic rings. The smallest absolute Gasteiger partial charge is 0.249 e. The fourth-order valence-corrected chi connectivity index (χ4v) is 4.72. The van der Waals surface area contributed by atoms with E-state index in [4.69, 9.17) is 5.73 Å². The van der Waals surface area contributed by atoms with Crippen LogP contribution in [-0.2, 0) is 17.1 Å². The van der Waals surface area contributed by atoms with Crippen LogP contribution in [0, 0.1) is 6.92 Å². The van der Waals surface area contributed by atoms with E-state index in [1.165, 1.54) is 16.4 Å². The Morgan fingerprint density at radius 3 is 2.75 bits per heavy atom. The van der Waals surface area contributed by atoms with E-state index in [9.17, 15) is 13.2 Å². The fourth-order valence-electron chi connectivity index (χ4n) is 3.04. The van der Waals surface area contributed by atoms with Gasteiger partial charge < -0.3 is 10.3 Å². The lowest BCUT2D eigenvalue weighted by Gasteiger charge is -2.23. The van der Waals surface area contributed by atoms with Crippen molar-refractivity contribution in [3.8, 4) is 0 Å². The van der Waals surface area contributed by atoms with E-state index in [1.54, 1.807) is 30.9 Å². The molecular formula is C15H19N5O3S. The molecule has 1 atom stereocenters. The molecule has 1 aromatic heterocycles. The SMILES string of the molecule is Cc1ccc(S(=O)(=O)N2CCCC2c2nncn2C)cc1C(N)=O. The zero-order valence-corrected chi connectivity index (χ0v) is 14.3. The summed E-state index contributed by atoms with van der Waals surface area (Å²) >= 11 is 0. The standard InChI is InChI=1S/C15H19N5O3S/c1-10-5-6-11(8-12(10)14(16)21)24(22,23)20-7-3-4-13(20)15-18-17-9-19(15)2/h5-6,8-9,13H,3-4,7H2,1-2H3,(H2,16,21). The molecule has 1 unspecified atom stereocenters. The molecule has 0 saturated carbocycles. The summed E-state index contributed by atoms with van der Waals surface area (Å²) in [5.74, 6) is -0.0332. The Labute approximate surface area is 140 Å². The lowest BCUT2D eigenvalue weighted by molar-refractivity contribution is 0.0999. The Morgan fingerprint density at radius 1 is 1.38 bits per heavy atom. The molecule has 0 bridgehead atoms. The van der Waals surface area contributed by atoms with Gasteiger partial charge in [0.2, 0.25) is 15.9 Å². The van der Waals surface area contributed by atoms with Gasteiger partial charge in [-0.3, -0.25) is 4.79 Å². The first-order chi connectivity index (χ1) is 11.3. The molecule has 1 saturated heterocycles. The zero-order valence-electron chi connectivity index (χ0n) is 13.5. The van der Waals surface area contributed by atoms with E-state index in [0.29, 0.717) is 24.4 Å². The van der Waals surface area contributed by atoms with Gasteiger partial charge in [0.05, 0.1) is 10.9 Å². The number of benzene rings is 1. The second kappa shape index (κ2) is 5.99. The third-order valence-corrected chi connectivity index (χ3v) is 6.23. The number of carbonyl (C=O) groups excluding carboxylic acids is 1. The molecule has 0 aliphatic carbocycles. The number of primary amides is 1. The number of hydrogen-bond acceptors (Lipinski definition) is 5. The normalized spacial score (nSPS) is 18.8. The maximum absolute atomic E-state index is 13.1. The quantitative estimate of drug-likeness (QED) is 0.875. The first-order valence-electron chi connectivity index (χ1n) is 7.58. The van der Waals surface area contributed by atoms with Crippen LogP contribution < -0.4 is 5.73 Å².